The number of carbonyl (C=O) groups is 1. The van der Waals surface area contributed by atoms with Gasteiger partial charge < -0.3 is 10.6 Å². The first-order valence-electron chi connectivity index (χ1n) is 7.14. The zero-order valence-electron chi connectivity index (χ0n) is 12.8. The molecule has 0 fully saturated rings. The molecule has 0 saturated heterocycles. The molecule has 0 aliphatic carbocycles. The Kier molecular flexibility index (Phi) is 3.80. The summed E-state index contributed by atoms with van der Waals surface area (Å²) in [6.07, 6.45) is 2.13. The fraction of sp³-hybridized carbons (Fsp3) is 0.118. The van der Waals surface area contributed by atoms with Crippen LogP contribution < -0.4 is 16.2 Å². The zero-order chi connectivity index (χ0) is 16.4. The van der Waals surface area contributed by atoms with Crippen molar-refractivity contribution in [2.75, 3.05) is 17.7 Å². The third-order valence-corrected chi connectivity index (χ3v) is 3.74. The molecule has 1 heterocycles. The van der Waals surface area contributed by atoms with Crippen molar-refractivity contribution in [1.82, 2.24) is 9.55 Å². The molecule has 0 unspecified atom stereocenters. The Hall–Kier alpha value is -3.15. The number of rotatable bonds is 4. The topological polar surface area (TPSA) is 76.0 Å². The summed E-state index contributed by atoms with van der Waals surface area (Å²) in [5.74, 6) is 0. The van der Waals surface area contributed by atoms with Gasteiger partial charge in [0.25, 0.3) is 5.56 Å². The molecule has 116 valence electrons. The number of hydrogen-bond acceptors (Lipinski definition) is 4. The lowest BCUT2D eigenvalue weighted by molar-refractivity contribution is -0.105. The Labute approximate surface area is 132 Å². The Bertz CT molecular complexity index is 930. The monoisotopic (exact) mass is 308 g/mol. The Balaban J connectivity index is 2.13. The molecule has 6 heteroatoms. The van der Waals surface area contributed by atoms with E-state index < -0.39 is 0 Å². The molecule has 0 aliphatic heterocycles. The second-order valence-corrected chi connectivity index (χ2v) is 5.16. The summed E-state index contributed by atoms with van der Waals surface area (Å²) in [4.78, 5) is 27.5. The van der Waals surface area contributed by atoms with E-state index in [4.69, 9.17) is 0 Å². The predicted molar refractivity (Wildman–Crippen MR) is 91.3 cm³/mol. The molecule has 2 aromatic carbocycles. The molecule has 3 rings (SSSR count). The summed E-state index contributed by atoms with van der Waals surface area (Å²) >= 11 is 0. The molecule has 2 N–H and O–H groups in total. The number of hydrogen-bond donors (Lipinski definition) is 2. The fourth-order valence-corrected chi connectivity index (χ4v) is 2.52. The molecule has 3 aromatic rings. The van der Waals surface area contributed by atoms with Gasteiger partial charge in [-0.05, 0) is 48.9 Å². The smallest absolute Gasteiger partial charge is 0.265 e. The minimum atomic E-state index is -0.128. The third-order valence-electron chi connectivity index (χ3n) is 3.74. The first kappa shape index (κ1) is 14.8. The van der Waals surface area contributed by atoms with Crippen LogP contribution in [0, 0.1) is 6.92 Å². The molecular formula is C17H16N4O2. The van der Waals surface area contributed by atoms with Gasteiger partial charge in [0.2, 0.25) is 6.41 Å². The van der Waals surface area contributed by atoms with Gasteiger partial charge in [0.05, 0.1) is 16.6 Å². The zero-order valence-corrected chi connectivity index (χ0v) is 12.8. The maximum atomic E-state index is 12.7. The van der Waals surface area contributed by atoms with Crippen LogP contribution in [0.15, 0.2) is 47.5 Å². The van der Waals surface area contributed by atoms with Gasteiger partial charge in [-0.15, -0.1) is 0 Å². The van der Waals surface area contributed by atoms with Crippen LogP contribution in [-0.2, 0) is 4.79 Å². The van der Waals surface area contributed by atoms with Gasteiger partial charge in [-0.25, -0.2) is 4.98 Å². The number of nitrogens with zero attached hydrogens (tertiary/aromatic N) is 2. The maximum absolute atomic E-state index is 12.7. The molecule has 1 aromatic heterocycles. The van der Waals surface area contributed by atoms with E-state index in [1.807, 2.05) is 26.1 Å². The van der Waals surface area contributed by atoms with E-state index in [0.29, 0.717) is 28.7 Å². The van der Waals surface area contributed by atoms with Crippen LogP contribution in [0.1, 0.15) is 5.56 Å². The first-order valence-corrected chi connectivity index (χ1v) is 7.14. The van der Waals surface area contributed by atoms with E-state index in [0.717, 1.165) is 11.3 Å². The lowest BCUT2D eigenvalue weighted by atomic mass is 10.1. The van der Waals surface area contributed by atoms with Crippen molar-refractivity contribution in [1.29, 1.82) is 0 Å². The molecular weight excluding hydrogens is 292 g/mol. The number of amides is 1. The van der Waals surface area contributed by atoms with Crippen molar-refractivity contribution in [3.8, 4) is 5.69 Å². The van der Waals surface area contributed by atoms with E-state index in [-0.39, 0.29) is 5.56 Å². The quantitative estimate of drug-likeness (QED) is 0.725. The van der Waals surface area contributed by atoms with Crippen molar-refractivity contribution in [3.05, 3.63) is 58.6 Å². The molecule has 0 aliphatic rings. The van der Waals surface area contributed by atoms with Gasteiger partial charge in [-0.2, -0.15) is 0 Å². The molecule has 0 saturated carbocycles. The highest BCUT2D eigenvalue weighted by Crippen LogP contribution is 2.20. The largest absolute Gasteiger partial charge is 0.388 e. The summed E-state index contributed by atoms with van der Waals surface area (Å²) in [6, 6.07) is 10.7. The van der Waals surface area contributed by atoms with Crippen molar-refractivity contribution >= 4 is 28.7 Å². The second kappa shape index (κ2) is 5.92. The van der Waals surface area contributed by atoms with Gasteiger partial charge in [0.1, 0.15) is 6.33 Å². The number of fused-ring (bicyclic) bond motifs is 1. The van der Waals surface area contributed by atoms with Crippen LogP contribution in [0.2, 0.25) is 0 Å². The van der Waals surface area contributed by atoms with E-state index in [9.17, 15) is 9.59 Å². The maximum Gasteiger partial charge on any atom is 0.265 e. The molecule has 0 radical (unpaired) electrons. The van der Waals surface area contributed by atoms with E-state index >= 15 is 0 Å². The average molecular weight is 308 g/mol. The Morgan fingerprint density at radius 2 is 1.91 bits per heavy atom. The molecule has 0 atom stereocenters. The van der Waals surface area contributed by atoms with Crippen LogP contribution in [0.25, 0.3) is 16.6 Å². The number of aromatic nitrogens is 2. The van der Waals surface area contributed by atoms with E-state index in [1.54, 1.807) is 24.3 Å². The highest BCUT2D eigenvalue weighted by molar-refractivity contribution is 5.83. The van der Waals surface area contributed by atoms with E-state index in [2.05, 4.69) is 15.6 Å². The van der Waals surface area contributed by atoms with E-state index in [1.165, 1.54) is 10.9 Å². The lowest BCUT2D eigenvalue weighted by Gasteiger charge is -2.10. The predicted octanol–water partition coefficient (Wildman–Crippen LogP) is 2.30. The number of anilines is 2. The normalized spacial score (nSPS) is 10.5. The fourth-order valence-electron chi connectivity index (χ4n) is 2.52. The van der Waals surface area contributed by atoms with Gasteiger partial charge >= 0.3 is 0 Å². The third kappa shape index (κ3) is 2.66. The van der Waals surface area contributed by atoms with Crippen LogP contribution >= 0.6 is 0 Å². The SMILES string of the molecule is CNc1cc2ncn(-c3ccc(NC=O)cc3)c(=O)c2cc1C. The van der Waals surface area contributed by atoms with Gasteiger partial charge in [-0.1, -0.05) is 0 Å². The molecule has 6 nitrogen and oxygen atoms in total. The van der Waals surface area contributed by atoms with Gasteiger partial charge in [-0.3, -0.25) is 14.2 Å². The molecule has 1 amide bonds. The summed E-state index contributed by atoms with van der Waals surface area (Å²) in [7, 11) is 1.84. The standard InChI is InChI=1S/C17H16N4O2/c1-11-7-14-16(8-15(11)18-2)19-9-21(17(14)23)13-5-3-12(4-6-13)20-10-22/h3-10,18H,1-2H3,(H,20,22). The van der Waals surface area contributed by atoms with Crippen LogP contribution in [0.5, 0.6) is 0 Å². The Morgan fingerprint density at radius 1 is 1.17 bits per heavy atom. The molecule has 23 heavy (non-hydrogen) atoms. The Morgan fingerprint density at radius 3 is 2.57 bits per heavy atom. The number of benzene rings is 2. The van der Waals surface area contributed by atoms with Crippen molar-refractivity contribution in [2.24, 2.45) is 0 Å². The average Bonchev–Trinajstić information content (AvgIpc) is 2.56. The highest BCUT2D eigenvalue weighted by Gasteiger charge is 2.08. The minimum absolute atomic E-state index is 0.128. The first-order chi connectivity index (χ1) is 11.1. The van der Waals surface area contributed by atoms with Crippen molar-refractivity contribution < 1.29 is 4.79 Å². The lowest BCUT2D eigenvalue weighted by Crippen LogP contribution is -2.19. The van der Waals surface area contributed by atoms with Gasteiger partial charge in [0, 0.05) is 18.4 Å². The summed E-state index contributed by atoms with van der Waals surface area (Å²) in [5.41, 5.74) is 3.82. The summed E-state index contributed by atoms with van der Waals surface area (Å²) in [6.45, 7) is 1.95. The summed E-state index contributed by atoms with van der Waals surface area (Å²) in [5, 5.41) is 6.22. The number of carbonyl (C=O) groups excluding carboxylic acids is 1. The number of nitrogens with one attached hydrogen (secondary N) is 2. The van der Waals surface area contributed by atoms with Crippen LogP contribution in [-0.4, -0.2) is 23.0 Å². The van der Waals surface area contributed by atoms with Gasteiger partial charge in [0.15, 0.2) is 0 Å². The highest BCUT2D eigenvalue weighted by atomic mass is 16.1. The molecule has 0 bridgehead atoms. The molecule has 0 spiro atoms. The number of aryl methyl sites for hydroxylation is 1. The summed E-state index contributed by atoms with van der Waals surface area (Å²) < 4.78 is 1.49. The van der Waals surface area contributed by atoms with Crippen LogP contribution in [0.3, 0.4) is 0 Å². The second-order valence-electron chi connectivity index (χ2n) is 5.16. The van der Waals surface area contributed by atoms with Crippen molar-refractivity contribution in [3.63, 3.8) is 0 Å². The van der Waals surface area contributed by atoms with Crippen molar-refractivity contribution in [2.45, 2.75) is 6.92 Å². The minimum Gasteiger partial charge on any atom is -0.388 e. The van der Waals surface area contributed by atoms with Crippen LogP contribution in [0.4, 0.5) is 11.4 Å².